The average molecular weight is 320 g/mol. The summed E-state index contributed by atoms with van der Waals surface area (Å²) in [6.07, 6.45) is 1.81. The first-order chi connectivity index (χ1) is 11.8. The first-order valence-electron chi connectivity index (χ1n) is 8.85. The van der Waals surface area contributed by atoms with Gasteiger partial charge in [0, 0.05) is 0 Å². The summed E-state index contributed by atoms with van der Waals surface area (Å²) in [5.41, 5.74) is 0. The highest BCUT2D eigenvalue weighted by Crippen LogP contribution is 2.55. The third-order valence-corrected chi connectivity index (χ3v) is 8.33. The molecule has 0 aliphatic rings. The summed E-state index contributed by atoms with van der Waals surface area (Å²) in [5, 5.41) is 3.91. The van der Waals surface area contributed by atoms with Gasteiger partial charge in [0.15, 0.2) is 0 Å². The van der Waals surface area contributed by atoms with Gasteiger partial charge in [-0.1, -0.05) is 67.9 Å². The summed E-state index contributed by atoms with van der Waals surface area (Å²) >= 11 is 0. The minimum atomic E-state index is -1.99. The molecule has 116 valence electrons. The van der Waals surface area contributed by atoms with Crippen LogP contribution in [0.15, 0.2) is 91.0 Å². The van der Waals surface area contributed by atoms with Crippen molar-refractivity contribution >= 4 is 23.2 Å². The van der Waals surface area contributed by atoms with Gasteiger partial charge in [-0.25, -0.2) is 0 Å². The molecule has 0 aromatic heterocycles. The van der Waals surface area contributed by atoms with E-state index in [0.717, 1.165) is 12.8 Å². The van der Waals surface area contributed by atoms with E-state index in [1.165, 1.54) is 15.9 Å². The van der Waals surface area contributed by atoms with Crippen molar-refractivity contribution in [2.75, 3.05) is 6.14 Å². The zero-order valence-electron chi connectivity index (χ0n) is 14.6. The van der Waals surface area contributed by atoms with E-state index in [0.29, 0.717) is 0 Å². The predicted molar refractivity (Wildman–Crippen MR) is 105 cm³/mol. The normalized spacial score (nSPS) is 13.3. The summed E-state index contributed by atoms with van der Waals surface area (Å²) in [6.45, 7) is 2.18. The van der Waals surface area contributed by atoms with Gasteiger partial charge in [0.1, 0.15) is 23.2 Å². The molecule has 0 radical (unpaired) electrons. The van der Waals surface area contributed by atoms with Crippen molar-refractivity contribution in [3.8, 4) is 0 Å². The van der Waals surface area contributed by atoms with Crippen molar-refractivity contribution in [1.82, 2.24) is 0 Å². The van der Waals surface area contributed by atoms with Gasteiger partial charge in [0.2, 0.25) is 0 Å². The van der Waals surface area contributed by atoms with E-state index in [1.54, 1.807) is 0 Å². The van der Waals surface area contributed by atoms with Crippen molar-refractivity contribution in [3.05, 3.63) is 91.0 Å². The Morgan fingerprint density at radius 3 is 1.30 bits per heavy atom. The molecule has 0 fully saturated rings. The Morgan fingerprint density at radius 1 is 0.652 bits per heavy atom. The van der Waals surface area contributed by atoms with E-state index >= 15 is 0 Å². The lowest BCUT2D eigenvalue weighted by Gasteiger charge is -2.27. The smallest absolute Gasteiger partial charge is 0.0652 e. The second-order valence-electron chi connectivity index (χ2n) is 5.70. The van der Waals surface area contributed by atoms with Crippen LogP contribution in [-0.2, 0) is 0 Å². The maximum absolute atomic E-state index is 9.14. The number of benzene rings is 3. The SMILES string of the molecule is [2H]C(CCC)[P+](c1ccccc1)(c1ccccc1)c1ccccc1. The van der Waals surface area contributed by atoms with Gasteiger partial charge < -0.3 is 0 Å². The molecule has 1 heteroatoms. The monoisotopic (exact) mass is 320 g/mol. The molecule has 0 saturated carbocycles. The minimum Gasteiger partial charge on any atom is -0.0652 e. The summed E-state index contributed by atoms with van der Waals surface area (Å²) < 4.78 is 9.14. The molecule has 3 rings (SSSR count). The molecule has 0 aliphatic heterocycles. The Bertz CT molecular complexity index is 644. The summed E-state index contributed by atoms with van der Waals surface area (Å²) in [7, 11) is -1.99. The van der Waals surface area contributed by atoms with Gasteiger partial charge in [0.25, 0.3) is 0 Å². The summed E-state index contributed by atoms with van der Waals surface area (Å²) in [6, 6.07) is 32.1. The molecule has 0 nitrogen and oxygen atoms in total. The van der Waals surface area contributed by atoms with Crippen molar-refractivity contribution in [2.24, 2.45) is 0 Å². The molecular weight excluding hydrogens is 295 g/mol. The van der Waals surface area contributed by atoms with E-state index in [1.807, 2.05) is 0 Å². The fourth-order valence-electron chi connectivity index (χ4n) is 3.08. The lowest BCUT2D eigenvalue weighted by Crippen LogP contribution is -2.33. The molecule has 23 heavy (non-hydrogen) atoms. The zero-order chi connectivity index (χ0) is 16.8. The fourth-order valence-corrected chi connectivity index (χ4v) is 7.18. The molecule has 0 saturated heterocycles. The van der Waals surface area contributed by atoms with E-state index < -0.39 is 7.26 Å². The van der Waals surface area contributed by atoms with Crippen LogP contribution in [0.4, 0.5) is 0 Å². The minimum absolute atomic E-state index is 0.130. The quantitative estimate of drug-likeness (QED) is 0.573. The predicted octanol–water partition coefficient (Wildman–Crippen LogP) is 4.78. The van der Waals surface area contributed by atoms with Crippen LogP contribution < -0.4 is 15.9 Å². The molecule has 0 aliphatic carbocycles. The van der Waals surface area contributed by atoms with Crippen molar-refractivity contribution < 1.29 is 1.37 Å². The third kappa shape index (κ3) is 3.23. The lowest BCUT2D eigenvalue weighted by molar-refractivity contribution is 0.891. The van der Waals surface area contributed by atoms with Gasteiger partial charge in [-0.2, -0.15) is 0 Å². The summed E-state index contributed by atoms with van der Waals surface area (Å²) in [4.78, 5) is 0. The van der Waals surface area contributed by atoms with Gasteiger partial charge in [-0.05, 0) is 42.8 Å². The van der Waals surface area contributed by atoms with Gasteiger partial charge in [-0.15, -0.1) is 0 Å². The van der Waals surface area contributed by atoms with Crippen LogP contribution in [0.3, 0.4) is 0 Å². The molecule has 0 bridgehead atoms. The Morgan fingerprint density at radius 2 is 1.00 bits per heavy atom. The molecule has 0 spiro atoms. The number of rotatable bonds is 6. The molecule has 0 heterocycles. The second-order valence-corrected chi connectivity index (χ2v) is 9.06. The zero-order valence-corrected chi connectivity index (χ0v) is 14.5. The molecule has 3 aromatic rings. The molecule has 1 atom stereocenters. The number of hydrogen-bond acceptors (Lipinski definition) is 0. The van der Waals surface area contributed by atoms with Crippen LogP contribution in [0.25, 0.3) is 0 Å². The van der Waals surface area contributed by atoms with Crippen molar-refractivity contribution in [3.63, 3.8) is 0 Å². The largest absolute Gasteiger partial charge is 0.112 e. The van der Waals surface area contributed by atoms with Crippen LogP contribution in [0.1, 0.15) is 21.1 Å². The maximum atomic E-state index is 9.14. The van der Waals surface area contributed by atoms with E-state index in [-0.39, 0.29) is 6.14 Å². The van der Waals surface area contributed by atoms with Crippen molar-refractivity contribution in [1.29, 1.82) is 0 Å². The van der Waals surface area contributed by atoms with E-state index in [4.69, 9.17) is 1.37 Å². The highest BCUT2D eigenvalue weighted by atomic mass is 31.2. The standard InChI is InChI=1S/C22H24P/c1-2-3-19-23(20-13-7-4-8-14-20,21-15-9-5-10-16-21)22-17-11-6-12-18-22/h4-18H,2-3,19H2,1H3/q+1/i19D. The average Bonchev–Trinajstić information content (AvgIpc) is 2.65. The highest BCUT2D eigenvalue weighted by molar-refractivity contribution is 7.95. The Kier molecular flexibility index (Phi) is 4.83. The van der Waals surface area contributed by atoms with Gasteiger partial charge in [-0.3, -0.25) is 0 Å². The Hall–Kier alpha value is -1.91. The lowest BCUT2D eigenvalue weighted by atomic mass is 10.3. The van der Waals surface area contributed by atoms with Crippen LogP contribution in [-0.4, -0.2) is 6.14 Å². The Labute approximate surface area is 141 Å². The maximum Gasteiger partial charge on any atom is 0.112 e. The van der Waals surface area contributed by atoms with E-state index in [2.05, 4.69) is 97.9 Å². The molecular formula is C22H24P+. The van der Waals surface area contributed by atoms with Crippen LogP contribution in [0, 0.1) is 0 Å². The molecule has 0 N–H and O–H groups in total. The summed E-state index contributed by atoms with van der Waals surface area (Å²) in [5.74, 6) is 0. The molecule has 1 unspecified atom stereocenters. The van der Waals surface area contributed by atoms with Crippen LogP contribution in [0.2, 0.25) is 0 Å². The fraction of sp³-hybridized carbons (Fsp3) is 0.182. The number of hydrogen-bond donors (Lipinski definition) is 0. The molecule has 3 aromatic carbocycles. The topological polar surface area (TPSA) is 0 Å². The van der Waals surface area contributed by atoms with Crippen LogP contribution in [0.5, 0.6) is 0 Å². The Balaban J connectivity index is 2.33. The van der Waals surface area contributed by atoms with Crippen LogP contribution >= 0.6 is 7.26 Å². The highest BCUT2D eigenvalue weighted by Gasteiger charge is 2.44. The van der Waals surface area contributed by atoms with Gasteiger partial charge >= 0.3 is 0 Å². The van der Waals surface area contributed by atoms with Gasteiger partial charge in [0.05, 0.1) is 7.51 Å². The second kappa shape index (κ2) is 7.57. The first-order valence-corrected chi connectivity index (χ1v) is 10.1. The first kappa shape index (κ1) is 14.7. The van der Waals surface area contributed by atoms with Crippen molar-refractivity contribution in [2.45, 2.75) is 19.8 Å². The molecule has 0 amide bonds. The van der Waals surface area contributed by atoms with E-state index in [9.17, 15) is 0 Å². The third-order valence-electron chi connectivity index (χ3n) is 4.18.